The van der Waals surface area contributed by atoms with Crippen LogP contribution in [0.5, 0.6) is 0 Å². The summed E-state index contributed by atoms with van der Waals surface area (Å²) < 4.78 is 0. The third kappa shape index (κ3) is 1.38. The van der Waals surface area contributed by atoms with Crippen LogP contribution in [0.15, 0.2) is 23.3 Å². The number of H-pyrrole nitrogens is 1. The Morgan fingerprint density at radius 1 is 1.53 bits per heavy atom. The Balaban J connectivity index is 2.92. The Labute approximate surface area is 84.4 Å². The first kappa shape index (κ1) is 9.39. The molecule has 2 N–H and O–H groups in total. The van der Waals surface area contributed by atoms with Crippen LogP contribution in [0.3, 0.4) is 0 Å². The number of carbonyl (C=O) groups is 1. The fourth-order valence-electron chi connectivity index (χ4n) is 1.45. The van der Waals surface area contributed by atoms with Crippen LogP contribution < -0.4 is 5.43 Å². The topological polar surface area (TPSA) is 83.1 Å². The molecule has 0 amide bonds. The lowest BCUT2D eigenvalue weighted by Crippen LogP contribution is -2.15. The molecule has 0 radical (unpaired) electrons. The summed E-state index contributed by atoms with van der Waals surface area (Å²) in [6.07, 6.45) is 2.68. The zero-order valence-electron chi connectivity index (χ0n) is 7.94. The first-order chi connectivity index (χ1) is 7.11. The lowest BCUT2D eigenvalue weighted by molar-refractivity contribution is 0.0695. The molecule has 0 aliphatic rings. The second-order valence-electron chi connectivity index (χ2n) is 3.16. The van der Waals surface area contributed by atoms with Crippen molar-refractivity contribution in [1.82, 2.24) is 9.97 Å². The number of aromatic carboxylic acids is 1. The molecule has 0 saturated heterocycles. The zero-order valence-corrected chi connectivity index (χ0v) is 7.94. The molecular weight excluding hydrogens is 196 g/mol. The van der Waals surface area contributed by atoms with Gasteiger partial charge in [0.1, 0.15) is 5.56 Å². The molecule has 0 bridgehead atoms. The Bertz CT molecular complexity index is 601. The summed E-state index contributed by atoms with van der Waals surface area (Å²) in [7, 11) is 0. The Morgan fingerprint density at radius 2 is 2.27 bits per heavy atom. The molecule has 5 heteroatoms. The van der Waals surface area contributed by atoms with Crippen molar-refractivity contribution in [2.45, 2.75) is 6.92 Å². The maximum absolute atomic E-state index is 11.7. The molecule has 2 heterocycles. The SMILES string of the molecule is Cc1nccc2c(=O)c(C(=O)O)c[nH]c12. The standard InChI is InChI=1S/C10H8N2O3/c1-5-8-6(2-3-11-5)9(13)7(4-12-8)10(14)15/h2-4H,1H3,(H,12,13)(H,14,15). The summed E-state index contributed by atoms with van der Waals surface area (Å²) in [6.45, 7) is 1.75. The first-order valence-electron chi connectivity index (χ1n) is 4.31. The molecule has 0 spiro atoms. The molecule has 0 aliphatic carbocycles. The van der Waals surface area contributed by atoms with Crippen LogP contribution in [-0.2, 0) is 0 Å². The van der Waals surface area contributed by atoms with Gasteiger partial charge in [0, 0.05) is 17.8 Å². The fourth-order valence-corrected chi connectivity index (χ4v) is 1.45. The molecule has 5 nitrogen and oxygen atoms in total. The number of pyridine rings is 2. The molecule has 2 rings (SSSR count). The lowest BCUT2D eigenvalue weighted by atomic mass is 10.1. The van der Waals surface area contributed by atoms with E-state index in [1.165, 1.54) is 18.5 Å². The largest absolute Gasteiger partial charge is 0.477 e. The number of fused-ring (bicyclic) bond motifs is 1. The summed E-state index contributed by atoms with van der Waals surface area (Å²) in [6, 6.07) is 1.51. The van der Waals surface area contributed by atoms with E-state index in [0.29, 0.717) is 16.6 Å². The maximum atomic E-state index is 11.7. The molecule has 0 unspecified atom stereocenters. The van der Waals surface area contributed by atoms with Crippen LogP contribution in [0.25, 0.3) is 10.9 Å². The zero-order chi connectivity index (χ0) is 11.0. The third-order valence-corrected chi connectivity index (χ3v) is 2.22. The molecule has 76 valence electrons. The Morgan fingerprint density at radius 3 is 2.93 bits per heavy atom. The van der Waals surface area contributed by atoms with Crippen molar-refractivity contribution in [3.63, 3.8) is 0 Å². The predicted molar refractivity (Wildman–Crippen MR) is 54.1 cm³/mol. The van der Waals surface area contributed by atoms with E-state index in [0.717, 1.165) is 0 Å². The normalized spacial score (nSPS) is 10.5. The van der Waals surface area contributed by atoms with E-state index in [2.05, 4.69) is 9.97 Å². The van der Waals surface area contributed by atoms with Gasteiger partial charge in [-0.25, -0.2) is 4.79 Å². The minimum atomic E-state index is -1.23. The molecule has 0 fully saturated rings. The maximum Gasteiger partial charge on any atom is 0.341 e. The van der Waals surface area contributed by atoms with E-state index in [1.54, 1.807) is 6.92 Å². The van der Waals surface area contributed by atoms with E-state index >= 15 is 0 Å². The number of nitrogens with zero attached hydrogens (tertiary/aromatic N) is 1. The van der Waals surface area contributed by atoms with Gasteiger partial charge in [-0.15, -0.1) is 0 Å². The number of carboxylic acid groups (broad SMARTS) is 1. The van der Waals surface area contributed by atoms with E-state index in [1.807, 2.05) is 0 Å². The van der Waals surface area contributed by atoms with Gasteiger partial charge in [-0.1, -0.05) is 0 Å². The molecule has 0 saturated carbocycles. The van der Waals surface area contributed by atoms with E-state index in [4.69, 9.17) is 5.11 Å². The number of aryl methyl sites for hydroxylation is 1. The van der Waals surface area contributed by atoms with Crippen molar-refractivity contribution in [1.29, 1.82) is 0 Å². The van der Waals surface area contributed by atoms with Crippen molar-refractivity contribution >= 4 is 16.9 Å². The summed E-state index contributed by atoms with van der Waals surface area (Å²) >= 11 is 0. The first-order valence-corrected chi connectivity index (χ1v) is 4.31. The predicted octanol–water partition coefficient (Wildman–Crippen LogP) is 0.930. The van der Waals surface area contributed by atoms with Crippen molar-refractivity contribution in [2.24, 2.45) is 0 Å². The number of hydrogen-bond acceptors (Lipinski definition) is 3. The molecule has 2 aromatic heterocycles. The molecule has 0 atom stereocenters. The summed E-state index contributed by atoms with van der Waals surface area (Å²) in [4.78, 5) is 29.2. The minimum absolute atomic E-state index is 0.256. The van der Waals surface area contributed by atoms with Gasteiger partial charge in [0.25, 0.3) is 0 Å². The summed E-state index contributed by atoms with van der Waals surface area (Å²) in [5.74, 6) is -1.23. The molecule has 0 aliphatic heterocycles. The van der Waals surface area contributed by atoms with Gasteiger partial charge in [0.2, 0.25) is 5.43 Å². The lowest BCUT2D eigenvalue weighted by Gasteiger charge is -2.01. The van der Waals surface area contributed by atoms with Crippen molar-refractivity contribution in [3.8, 4) is 0 Å². The molecule has 0 aromatic carbocycles. The van der Waals surface area contributed by atoms with Gasteiger partial charge in [-0.05, 0) is 13.0 Å². The number of aromatic nitrogens is 2. The Kier molecular flexibility index (Phi) is 2.00. The van der Waals surface area contributed by atoms with Gasteiger partial charge in [0.15, 0.2) is 0 Å². The van der Waals surface area contributed by atoms with Gasteiger partial charge in [0.05, 0.1) is 11.2 Å². The quantitative estimate of drug-likeness (QED) is 0.723. The van der Waals surface area contributed by atoms with Crippen LogP contribution in [-0.4, -0.2) is 21.0 Å². The minimum Gasteiger partial charge on any atom is -0.477 e. The van der Waals surface area contributed by atoms with Crippen molar-refractivity contribution in [2.75, 3.05) is 0 Å². The van der Waals surface area contributed by atoms with E-state index in [9.17, 15) is 9.59 Å². The van der Waals surface area contributed by atoms with Gasteiger partial charge < -0.3 is 10.1 Å². The highest BCUT2D eigenvalue weighted by atomic mass is 16.4. The highest BCUT2D eigenvalue weighted by Gasteiger charge is 2.11. The number of hydrogen-bond donors (Lipinski definition) is 2. The van der Waals surface area contributed by atoms with Crippen LogP contribution >= 0.6 is 0 Å². The number of carboxylic acids is 1. The highest BCUT2D eigenvalue weighted by molar-refractivity contribution is 5.92. The van der Waals surface area contributed by atoms with E-state index in [-0.39, 0.29) is 5.56 Å². The summed E-state index contributed by atoms with van der Waals surface area (Å²) in [5, 5.41) is 9.11. The number of nitrogens with one attached hydrogen (secondary N) is 1. The highest BCUT2D eigenvalue weighted by Crippen LogP contribution is 2.09. The fraction of sp³-hybridized carbons (Fsp3) is 0.100. The second kappa shape index (κ2) is 3.20. The second-order valence-corrected chi connectivity index (χ2v) is 3.16. The van der Waals surface area contributed by atoms with Gasteiger partial charge >= 0.3 is 5.97 Å². The van der Waals surface area contributed by atoms with Crippen LogP contribution in [0.4, 0.5) is 0 Å². The van der Waals surface area contributed by atoms with Crippen LogP contribution in [0.2, 0.25) is 0 Å². The number of rotatable bonds is 1. The van der Waals surface area contributed by atoms with Crippen molar-refractivity contribution < 1.29 is 9.90 Å². The average molecular weight is 204 g/mol. The smallest absolute Gasteiger partial charge is 0.341 e. The van der Waals surface area contributed by atoms with Gasteiger partial charge in [-0.2, -0.15) is 0 Å². The third-order valence-electron chi connectivity index (χ3n) is 2.22. The summed E-state index contributed by atoms with van der Waals surface area (Å²) in [5.41, 5.74) is 0.504. The molecular formula is C10H8N2O3. The monoisotopic (exact) mass is 204 g/mol. The molecule has 15 heavy (non-hydrogen) atoms. The van der Waals surface area contributed by atoms with Crippen LogP contribution in [0.1, 0.15) is 16.1 Å². The average Bonchev–Trinajstić information content (AvgIpc) is 2.19. The van der Waals surface area contributed by atoms with Crippen LogP contribution in [0, 0.1) is 6.92 Å². The Hall–Kier alpha value is -2.17. The van der Waals surface area contributed by atoms with Gasteiger partial charge in [-0.3, -0.25) is 9.78 Å². The molecule has 2 aromatic rings. The number of aromatic amines is 1. The van der Waals surface area contributed by atoms with Crippen molar-refractivity contribution in [3.05, 3.63) is 39.9 Å². The van der Waals surface area contributed by atoms with E-state index < -0.39 is 11.4 Å².